The largest absolute Gasteiger partial charge is 0.344 e. The number of likely N-dealkylation sites (N-methyl/N-ethyl adjacent to an activating group) is 1. The first-order valence-electron chi connectivity index (χ1n) is 6.38. The van der Waals surface area contributed by atoms with E-state index in [0.717, 1.165) is 10.4 Å². The van der Waals surface area contributed by atoms with Gasteiger partial charge in [0, 0.05) is 13.6 Å². The van der Waals surface area contributed by atoms with Crippen LogP contribution in [-0.2, 0) is 4.79 Å². The van der Waals surface area contributed by atoms with Crippen molar-refractivity contribution in [2.24, 2.45) is 5.73 Å². The van der Waals surface area contributed by atoms with E-state index in [1.807, 2.05) is 6.92 Å². The van der Waals surface area contributed by atoms with E-state index in [-0.39, 0.29) is 11.8 Å². The van der Waals surface area contributed by atoms with Crippen molar-refractivity contribution in [1.29, 1.82) is 0 Å². The van der Waals surface area contributed by atoms with E-state index in [4.69, 9.17) is 5.73 Å². The zero-order valence-corrected chi connectivity index (χ0v) is 12.3. The quantitative estimate of drug-likeness (QED) is 0.771. The van der Waals surface area contributed by atoms with Crippen molar-refractivity contribution in [3.05, 3.63) is 21.4 Å². The number of thiophene rings is 1. The Bertz CT molecular complexity index is 597. The third-order valence-electron chi connectivity index (χ3n) is 3.18. The molecule has 2 heterocycles. The van der Waals surface area contributed by atoms with Crippen molar-refractivity contribution in [2.75, 3.05) is 20.1 Å². The van der Waals surface area contributed by atoms with E-state index in [0.29, 0.717) is 24.4 Å². The fourth-order valence-electron chi connectivity index (χ4n) is 2.04. The van der Waals surface area contributed by atoms with E-state index in [1.165, 1.54) is 11.3 Å². The van der Waals surface area contributed by atoms with Gasteiger partial charge in [-0.2, -0.15) is 0 Å². The maximum absolute atomic E-state index is 12.1. The molecule has 1 aromatic rings. The lowest BCUT2D eigenvalue weighted by Crippen LogP contribution is -2.40. The first-order valence-corrected chi connectivity index (χ1v) is 7.19. The Morgan fingerprint density at radius 1 is 1.65 bits per heavy atom. The summed E-state index contributed by atoms with van der Waals surface area (Å²) in [4.78, 5) is 27.0. The summed E-state index contributed by atoms with van der Waals surface area (Å²) in [6, 6.07) is 1.39. The summed E-state index contributed by atoms with van der Waals surface area (Å²) in [5.41, 5.74) is 6.29. The lowest BCUT2D eigenvalue weighted by atomic mass is 10.2. The van der Waals surface area contributed by atoms with Gasteiger partial charge in [0.25, 0.3) is 5.91 Å². The van der Waals surface area contributed by atoms with Crippen molar-refractivity contribution in [3.63, 3.8) is 0 Å². The van der Waals surface area contributed by atoms with Gasteiger partial charge in [0.2, 0.25) is 5.91 Å². The van der Waals surface area contributed by atoms with Gasteiger partial charge in [-0.1, -0.05) is 11.8 Å². The molecule has 0 aliphatic carbocycles. The molecule has 1 aliphatic heterocycles. The molecule has 1 atom stereocenters. The van der Waals surface area contributed by atoms with Crippen LogP contribution in [-0.4, -0.2) is 42.9 Å². The summed E-state index contributed by atoms with van der Waals surface area (Å²) in [7, 11) is 1.74. The Balaban J connectivity index is 2.08. The van der Waals surface area contributed by atoms with E-state index in [1.54, 1.807) is 18.0 Å². The van der Waals surface area contributed by atoms with Gasteiger partial charge < -0.3 is 16.0 Å². The molecule has 106 valence electrons. The molecular weight excluding hydrogens is 274 g/mol. The minimum atomic E-state index is -0.409. The molecule has 20 heavy (non-hydrogen) atoms. The Kier molecular flexibility index (Phi) is 4.42. The van der Waals surface area contributed by atoms with Crippen molar-refractivity contribution in [3.8, 4) is 11.8 Å². The first kappa shape index (κ1) is 14.6. The summed E-state index contributed by atoms with van der Waals surface area (Å²) < 4.78 is 0. The molecule has 2 amide bonds. The molecule has 0 bridgehead atoms. The lowest BCUT2D eigenvalue weighted by Gasteiger charge is -2.11. The molecular formula is C14H17N3O2S. The normalized spacial score (nSPS) is 17.9. The summed E-state index contributed by atoms with van der Waals surface area (Å²) in [5, 5.41) is 2.78. The van der Waals surface area contributed by atoms with E-state index >= 15 is 0 Å². The van der Waals surface area contributed by atoms with Crippen molar-refractivity contribution in [1.82, 2.24) is 10.2 Å². The van der Waals surface area contributed by atoms with Crippen LogP contribution in [0, 0.1) is 18.8 Å². The van der Waals surface area contributed by atoms with Gasteiger partial charge in [0.15, 0.2) is 0 Å². The van der Waals surface area contributed by atoms with Gasteiger partial charge in [0.05, 0.1) is 16.3 Å². The molecule has 1 fully saturated rings. The van der Waals surface area contributed by atoms with Gasteiger partial charge in [0.1, 0.15) is 6.04 Å². The Labute approximate surface area is 122 Å². The monoisotopic (exact) mass is 291 g/mol. The number of aryl methyl sites for hydroxylation is 1. The van der Waals surface area contributed by atoms with Gasteiger partial charge >= 0.3 is 0 Å². The fraction of sp³-hybridized carbons (Fsp3) is 0.429. The Hall–Kier alpha value is -1.84. The summed E-state index contributed by atoms with van der Waals surface area (Å²) in [6.45, 7) is 2.88. The third kappa shape index (κ3) is 3.00. The van der Waals surface area contributed by atoms with Gasteiger partial charge in [-0.05, 0) is 25.0 Å². The number of rotatable bonds is 2. The van der Waals surface area contributed by atoms with Crippen LogP contribution in [0.25, 0.3) is 0 Å². The topological polar surface area (TPSA) is 75.4 Å². The second-order valence-corrected chi connectivity index (χ2v) is 5.76. The van der Waals surface area contributed by atoms with Crippen LogP contribution in [0.1, 0.15) is 26.5 Å². The van der Waals surface area contributed by atoms with Crippen LogP contribution in [0.3, 0.4) is 0 Å². The highest BCUT2D eigenvalue weighted by Gasteiger charge is 2.30. The van der Waals surface area contributed by atoms with Crippen LogP contribution in [0.5, 0.6) is 0 Å². The number of amides is 2. The van der Waals surface area contributed by atoms with Crippen LogP contribution >= 0.6 is 11.3 Å². The highest BCUT2D eigenvalue weighted by molar-refractivity contribution is 7.14. The number of nitrogens with one attached hydrogen (secondary N) is 1. The first-order chi connectivity index (χ1) is 9.52. The molecule has 1 aliphatic rings. The number of hydrogen-bond acceptors (Lipinski definition) is 4. The number of nitrogens with two attached hydrogens (primary N) is 1. The number of carbonyl (C=O) groups excluding carboxylic acids is 2. The molecule has 3 N–H and O–H groups in total. The van der Waals surface area contributed by atoms with E-state index < -0.39 is 6.04 Å². The molecule has 5 nitrogen and oxygen atoms in total. The maximum Gasteiger partial charge on any atom is 0.262 e. The number of carbonyl (C=O) groups is 2. The van der Waals surface area contributed by atoms with Gasteiger partial charge in [-0.3, -0.25) is 9.59 Å². The molecule has 1 unspecified atom stereocenters. The predicted molar refractivity (Wildman–Crippen MR) is 78.5 cm³/mol. The molecule has 0 aromatic carbocycles. The summed E-state index contributed by atoms with van der Waals surface area (Å²) in [6.07, 6.45) is 0.658. The molecule has 2 rings (SSSR count). The SMILES string of the molecule is Cc1cc(C(=O)NC2CCN(C)C2=O)sc1C#CCN. The highest BCUT2D eigenvalue weighted by Crippen LogP contribution is 2.21. The maximum atomic E-state index is 12.1. The molecule has 0 radical (unpaired) electrons. The average molecular weight is 291 g/mol. The Morgan fingerprint density at radius 3 is 3.00 bits per heavy atom. The van der Waals surface area contributed by atoms with Crippen molar-refractivity contribution in [2.45, 2.75) is 19.4 Å². The van der Waals surface area contributed by atoms with Crippen molar-refractivity contribution >= 4 is 23.2 Å². The summed E-state index contributed by atoms with van der Waals surface area (Å²) >= 11 is 1.33. The number of likely N-dealkylation sites (tertiary alicyclic amines) is 1. The second-order valence-electron chi connectivity index (χ2n) is 4.70. The fourth-order valence-corrected chi connectivity index (χ4v) is 2.99. The minimum absolute atomic E-state index is 0.0326. The number of hydrogen-bond donors (Lipinski definition) is 2. The van der Waals surface area contributed by atoms with E-state index in [2.05, 4.69) is 17.2 Å². The van der Waals surface area contributed by atoms with Gasteiger partial charge in [-0.15, -0.1) is 11.3 Å². The Morgan fingerprint density at radius 2 is 2.40 bits per heavy atom. The van der Waals surface area contributed by atoms with Crippen LogP contribution in [0.15, 0.2) is 6.07 Å². The van der Waals surface area contributed by atoms with Crippen LogP contribution in [0.2, 0.25) is 0 Å². The molecule has 1 saturated heterocycles. The zero-order chi connectivity index (χ0) is 14.7. The smallest absolute Gasteiger partial charge is 0.262 e. The van der Waals surface area contributed by atoms with Crippen LogP contribution in [0.4, 0.5) is 0 Å². The third-order valence-corrected chi connectivity index (χ3v) is 4.33. The highest BCUT2D eigenvalue weighted by atomic mass is 32.1. The zero-order valence-electron chi connectivity index (χ0n) is 11.5. The molecule has 1 aromatic heterocycles. The average Bonchev–Trinajstić information content (AvgIpc) is 2.94. The lowest BCUT2D eigenvalue weighted by molar-refractivity contribution is -0.128. The second kappa shape index (κ2) is 6.07. The predicted octanol–water partition coefficient (Wildman–Crippen LogP) is 0.327. The molecule has 0 spiro atoms. The standard InChI is InChI=1S/C14H17N3O2S/c1-9-8-12(20-11(9)4-3-6-15)13(18)16-10-5-7-17(2)14(10)19/h8,10H,5-7,15H2,1-2H3,(H,16,18). The summed E-state index contributed by atoms with van der Waals surface area (Å²) in [5.74, 6) is 5.48. The van der Waals surface area contributed by atoms with Crippen LogP contribution < -0.4 is 11.1 Å². The minimum Gasteiger partial charge on any atom is -0.344 e. The molecule has 6 heteroatoms. The van der Waals surface area contributed by atoms with E-state index in [9.17, 15) is 9.59 Å². The van der Waals surface area contributed by atoms with Crippen molar-refractivity contribution < 1.29 is 9.59 Å². The number of nitrogens with zero attached hydrogens (tertiary/aromatic N) is 1. The molecule has 0 saturated carbocycles. The van der Waals surface area contributed by atoms with Gasteiger partial charge in [-0.25, -0.2) is 0 Å².